The van der Waals surface area contributed by atoms with Crippen LogP contribution < -0.4 is 0 Å². The third-order valence-electron chi connectivity index (χ3n) is 2.56. The molecule has 0 rings (SSSR count). The summed E-state index contributed by atoms with van der Waals surface area (Å²) < 4.78 is 4.84. The minimum atomic E-state index is -0.977. The topological polar surface area (TPSA) is 63.6 Å². The molecule has 0 atom stereocenters. The molecular formula is C11H20O4. The van der Waals surface area contributed by atoms with Crippen molar-refractivity contribution in [1.82, 2.24) is 0 Å². The molecule has 0 radical (unpaired) electrons. The Kier molecular flexibility index (Phi) is 6.17. The maximum Gasteiger partial charge on any atom is 0.329 e. The van der Waals surface area contributed by atoms with E-state index in [1.807, 2.05) is 20.8 Å². The van der Waals surface area contributed by atoms with Crippen LogP contribution in [0.1, 0.15) is 40.0 Å². The lowest BCUT2D eigenvalue weighted by Gasteiger charge is -2.20. The molecule has 88 valence electrons. The lowest BCUT2D eigenvalue weighted by atomic mass is 9.83. The number of hydrogen-bond acceptors (Lipinski definition) is 3. The lowest BCUT2D eigenvalue weighted by molar-refractivity contribution is -0.142. The number of Topliss-reactive ketones (excluding diaryl/α,β-unsaturated/α-hetero) is 1. The third kappa shape index (κ3) is 6.23. The van der Waals surface area contributed by atoms with Crippen molar-refractivity contribution in [2.75, 3.05) is 13.2 Å². The first-order chi connectivity index (χ1) is 6.90. The molecule has 0 saturated carbocycles. The van der Waals surface area contributed by atoms with Crippen LogP contribution in [0.2, 0.25) is 0 Å². The smallest absolute Gasteiger partial charge is 0.329 e. The van der Waals surface area contributed by atoms with Gasteiger partial charge in [-0.3, -0.25) is 4.79 Å². The van der Waals surface area contributed by atoms with Crippen molar-refractivity contribution in [3.63, 3.8) is 0 Å². The Balaban J connectivity index is 3.60. The van der Waals surface area contributed by atoms with Crippen LogP contribution >= 0.6 is 0 Å². The maximum absolute atomic E-state index is 11.6. The van der Waals surface area contributed by atoms with Crippen LogP contribution in [-0.2, 0) is 14.3 Å². The highest BCUT2D eigenvalue weighted by Gasteiger charge is 2.23. The molecule has 0 spiro atoms. The van der Waals surface area contributed by atoms with E-state index in [4.69, 9.17) is 9.84 Å². The number of rotatable bonds is 8. The number of ether oxygens (including phenoxy) is 1. The Morgan fingerprint density at radius 3 is 2.40 bits per heavy atom. The zero-order valence-corrected chi connectivity index (χ0v) is 9.71. The molecule has 0 fully saturated rings. The summed E-state index contributed by atoms with van der Waals surface area (Å²) in [6.45, 7) is 5.88. The van der Waals surface area contributed by atoms with Gasteiger partial charge in [-0.1, -0.05) is 20.8 Å². The number of carbonyl (C=O) groups excluding carboxylic acids is 1. The highest BCUT2D eigenvalue weighted by Crippen LogP contribution is 2.23. The van der Waals surface area contributed by atoms with Gasteiger partial charge in [0.15, 0.2) is 0 Å². The fourth-order valence-electron chi connectivity index (χ4n) is 1.03. The van der Waals surface area contributed by atoms with Crippen LogP contribution in [0.3, 0.4) is 0 Å². The molecule has 0 aliphatic carbocycles. The molecule has 0 aliphatic heterocycles. The first kappa shape index (κ1) is 14.1. The van der Waals surface area contributed by atoms with E-state index in [0.29, 0.717) is 19.4 Å². The molecule has 15 heavy (non-hydrogen) atoms. The minimum Gasteiger partial charge on any atom is -0.480 e. The molecular weight excluding hydrogens is 196 g/mol. The number of ketones is 1. The summed E-state index contributed by atoms with van der Waals surface area (Å²) in [7, 11) is 0. The summed E-state index contributed by atoms with van der Waals surface area (Å²) in [5.41, 5.74) is -0.271. The fourth-order valence-corrected chi connectivity index (χ4v) is 1.03. The van der Waals surface area contributed by atoms with Crippen molar-refractivity contribution in [2.45, 2.75) is 40.0 Å². The van der Waals surface area contributed by atoms with Gasteiger partial charge in [0.25, 0.3) is 0 Å². The monoisotopic (exact) mass is 216 g/mol. The molecule has 1 N–H and O–H groups in total. The van der Waals surface area contributed by atoms with E-state index >= 15 is 0 Å². The minimum absolute atomic E-state index is 0.212. The number of carboxylic acids is 1. The Hall–Kier alpha value is -0.900. The van der Waals surface area contributed by atoms with Gasteiger partial charge in [0, 0.05) is 18.4 Å². The van der Waals surface area contributed by atoms with E-state index in [1.165, 1.54) is 0 Å². The molecule has 0 aromatic carbocycles. The first-order valence-corrected chi connectivity index (χ1v) is 5.23. The van der Waals surface area contributed by atoms with Gasteiger partial charge in [0.05, 0.1) is 0 Å². The molecule has 0 amide bonds. The number of carboxylic acid groups (broad SMARTS) is 1. The van der Waals surface area contributed by atoms with E-state index in [-0.39, 0.29) is 17.8 Å². The van der Waals surface area contributed by atoms with E-state index in [0.717, 1.165) is 6.42 Å². The van der Waals surface area contributed by atoms with Crippen LogP contribution in [0.4, 0.5) is 0 Å². The van der Waals surface area contributed by atoms with Gasteiger partial charge in [-0.2, -0.15) is 0 Å². The Morgan fingerprint density at radius 1 is 1.33 bits per heavy atom. The highest BCUT2D eigenvalue weighted by molar-refractivity contribution is 5.83. The second-order valence-electron chi connectivity index (χ2n) is 4.21. The summed E-state index contributed by atoms with van der Waals surface area (Å²) in [6, 6.07) is 0. The van der Waals surface area contributed by atoms with E-state index in [2.05, 4.69) is 0 Å². The number of aliphatic carboxylic acids is 1. The average molecular weight is 216 g/mol. The molecule has 0 aromatic heterocycles. The van der Waals surface area contributed by atoms with Crippen LogP contribution in [0, 0.1) is 5.41 Å². The summed E-state index contributed by atoms with van der Waals surface area (Å²) in [5.74, 6) is -0.765. The molecule has 4 nitrogen and oxygen atoms in total. The van der Waals surface area contributed by atoms with Gasteiger partial charge < -0.3 is 9.84 Å². The van der Waals surface area contributed by atoms with E-state index in [9.17, 15) is 9.59 Å². The SMILES string of the molecule is CCC(C)(C)C(=O)CCCOCC(=O)O. The lowest BCUT2D eigenvalue weighted by Crippen LogP contribution is -2.23. The van der Waals surface area contributed by atoms with Crippen molar-refractivity contribution >= 4 is 11.8 Å². The zero-order chi connectivity index (χ0) is 11.9. The van der Waals surface area contributed by atoms with Gasteiger partial charge in [0.2, 0.25) is 0 Å². The number of carbonyl (C=O) groups is 2. The molecule has 0 aromatic rings. The van der Waals surface area contributed by atoms with Crippen LogP contribution in [0.5, 0.6) is 0 Å². The van der Waals surface area contributed by atoms with Crippen molar-refractivity contribution < 1.29 is 19.4 Å². The third-order valence-corrected chi connectivity index (χ3v) is 2.56. The van der Waals surface area contributed by atoms with Gasteiger partial charge in [-0.15, -0.1) is 0 Å². The fraction of sp³-hybridized carbons (Fsp3) is 0.818. The molecule has 0 unspecified atom stereocenters. The Labute approximate surface area is 90.6 Å². The van der Waals surface area contributed by atoms with Crippen molar-refractivity contribution in [3.8, 4) is 0 Å². The second kappa shape index (κ2) is 6.56. The highest BCUT2D eigenvalue weighted by atomic mass is 16.5. The maximum atomic E-state index is 11.6. The van der Waals surface area contributed by atoms with E-state index in [1.54, 1.807) is 0 Å². The van der Waals surface area contributed by atoms with Crippen LogP contribution in [-0.4, -0.2) is 30.1 Å². The molecule has 0 saturated heterocycles. The van der Waals surface area contributed by atoms with Crippen molar-refractivity contribution in [2.24, 2.45) is 5.41 Å². The first-order valence-electron chi connectivity index (χ1n) is 5.23. The van der Waals surface area contributed by atoms with Crippen LogP contribution in [0.15, 0.2) is 0 Å². The quantitative estimate of drug-likeness (QED) is 0.629. The summed E-state index contributed by atoms with van der Waals surface area (Å²) >= 11 is 0. The molecule has 0 aliphatic rings. The normalized spacial score (nSPS) is 11.4. The van der Waals surface area contributed by atoms with Gasteiger partial charge in [0.1, 0.15) is 12.4 Å². The van der Waals surface area contributed by atoms with Crippen molar-refractivity contribution in [1.29, 1.82) is 0 Å². The van der Waals surface area contributed by atoms with Crippen LogP contribution in [0.25, 0.3) is 0 Å². The summed E-state index contributed by atoms with van der Waals surface area (Å²) in [5, 5.41) is 8.30. The Morgan fingerprint density at radius 2 is 1.93 bits per heavy atom. The molecule has 4 heteroatoms. The largest absolute Gasteiger partial charge is 0.480 e. The standard InChI is InChI=1S/C11H20O4/c1-4-11(2,3)9(12)6-5-7-15-8-10(13)14/h4-8H2,1-3H3,(H,13,14). The second-order valence-corrected chi connectivity index (χ2v) is 4.21. The zero-order valence-electron chi connectivity index (χ0n) is 9.71. The summed E-state index contributed by atoms with van der Waals surface area (Å²) in [6.07, 6.45) is 1.87. The molecule has 0 heterocycles. The summed E-state index contributed by atoms with van der Waals surface area (Å²) in [4.78, 5) is 21.7. The Bertz CT molecular complexity index is 221. The van der Waals surface area contributed by atoms with Crippen molar-refractivity contribution in [3.05, 3.63) is 0 Å². The van der Waals surface area contributed by atoms with Gasteiger partial charge in [-0.25, -0.2) is 4.79 Å². The average Bonchev–Trinajstić information content (AvgIpc) is 2.16. The predicted octanol–water partition coefficient (Wildman–Crippen LogP) is 1.87. The molecule has 0 bridgehead atoms. The number of hydrogen-bond donors (Lipinski definition) is 1. The van der Waals surface area contributed by atoms with E-state index < -0.39 is 5.97 Å². The van der Waals surface area contributed by atoms with Gasteiger partial charge in [-0.05, 0) is 12.8 Å². The van der Waals surface area contributed by atoms with Gasteiger partial charge >= 0.3 is 5.97 Å². The predicted molar refractivity (Wildman–Crippen MR) is 56.8 cm³/mol.